The van der Waals surface area contributed by atoms with Gasteiger partial charge in [0.05, 0.1) is 4.88 Å². The molecule has 0 radical (unpaired) electrons. The summed E-state index contributed by atoms with van der Waals surface area (Å²) in [6.45, 7) is 1.11. The number of hydrogen-bond donors (Lipinski definition) is 1. The van der Waals surface area contributed by atoms with Gasteiger partial charge in [-0.3, -0.25) is 0 Å². The number of benzene rings is 1. The lowest BCUT2D eigenvalue weighted by atomic mass is 10.2. The Bertz CT molecular complexity index is 539. The van der Waals surface area contributed by atoms with Gasteiger partial charge in [0, 0.05) is 12.7 Å². The highest BCUT2D eigenvalue weighted by Gasteiger charge is 2.14. The second-order valence-corrected chi connectivity index (χ2v) is 4.83. The Hall–Kier alpha value is -1.59. The number of aromatic nitrogens is 1. The van der Waals surface area contributed by atoms with Crippen LogP contribution in [-0.2, 0) is 6.54 Å². The number of hydrogen-bond acceptors (Lipinski definition) is 5. The highest BCUT2D eigenvalue weighted by atomic mass is 32.1. The normalized spacial score (nSPS) is 13.0. The third-order valence-corrected chi connectivity index (χ3v) is 3.59. The molecule has 0 saturated carbocycles. The monoisotopic (exact) mass is 248 g/mol. The lowest BCUT2D eigenvalue weighted by Crippen LogP contribution is -2.03. The summed E-state index contributed by atoms with van der Waals surface area (Å²) in [5, 5.41) is 4.18. The van der Waals surface area contributed by atoms with Crippen LogP contribution in [0.1, 0.15) is 5.01 Å². The first-order valence-electron chi connectivity index (χ1n) is 5.36. The largest absolute Gasteiger partial charge is 0.454 e. The summed E-state index contributed by atoms with van der Waals surface area (Å²) in [5.41, 5.74) is 1.12. The molecule has 0 unspecified atom stereocenters. The highest BCUT2D eigenvalue weighted by Crippen LogP contribution is 2.37. The van der Waals surface area contributed by atoms with Crippen molar-refractivity contribution >= 4 is 11.3 Å². The van der Waals surface area contributed by atoms with Gasteiger partial charge in [-0.15, -0.1) is 11.3 Å². The van der Waals surface area contributed by atoms with Crippen LogP contribution in [-0.4, -0.2) is 18.8 Å². The fourth-order valence-corrected chi connectivity index (χ4v) is 2.65. The van der Waals surface area contributed by atoms with Gasteiger partial charge in [0.15, 0.2) is 11.5 Å². The Morgan fingerprint density at radius 2 is 2.24 bits per heavy atom. The summed E-state index contributed by atoms with van der Waals surface area (Å²) in [6.07, 6.45) is 1.90. The molecule has 1 aliphatic rings. The van der Waals surface area contributed by atoms with Gasteiger partial charge in [-0.25, -0.2) is 4.98 Å². The van der Waals surface area contributed by atoms with E-state index < -0.39 is 0 Å². The molecular weight excluding hydrogens is 236 g/mol. The Kier molecular flexibility index (Phi) is 2.70. The maximum absolute atomic E-state index is 5.36. The van der Waals surface area contributed by atoms with Crippen molar-refractivity contribution < 1.29 is 9.47 Å². The third kappa shape index (κ3) is 1.99. The van der Waals surface area contributed by atoms with Crippen LogP contribution in [0.15, 0.2) is 24.4 Å². The minimum absolute atomic E-state index is 0.312. The van der Waals surface area contributed by atoms with E-state index in [9.17, 15) is 0 Å². The molecule has 1 aromatic heterocycles. The van der Waals surface area contributed by atoms with Crippen molar-refractivity contribution in [2.45, 2.75) is 6.54 Å². The number of ether oxygens (including phenoxy) is 2. The van der Waals surface area contributed by atoms with Crippen LogP contribution in [0.5, 0.6) is 11.5 Å². The van der Waals surface area contributed by atoms with Crippen LogP contribution in [0.25, 0.3) is 10.4 Å². The van der Waals surface area contributed by atoms with Crippen molar-refractivity contribution in [3.63, 3.8) is 0 Å². The van der Waals surface area contributed by atoms with Gasteiger partial charge >= 0.3 is 0 Å². The Morgan fingerprint density at radius 3 is 3.12 bits per heavy atom. The molecule has 0 spiro atoms. The molecule has 0 amide bonds. The van der Waals surface area contributed by atoms with Gasteiger partial charge in [-0.2, -0.15) is 0 Å². The molecule has 0 atom stereocenters. The molecule has 4 nitrogen and oxygen atoms in total. The van der Waals surface area contributed by atoms with Gasteiger partial charge in [-0.1, -0.05) is 0 Å². The van der Waals surface area contributed by atoms with Crippen LogP contribution in [0.3, 0.4) is 0 Å². The topological polar surface area (TPSA) is 43.4 Å². The second kappa shape index (κ2) is 4.35. The Balaban J connectivity index is 1.92. The zero-order valence-electron chi connectivity index (χ0n) is 9.40. The van der Waals surface area contributed by atoms with E-state index in [4.69, 9.17) is 9.47 Å². The number of rotatable bonds is 3. The molecule has 1 aliphatic heterocycles. The summed E-state index contributed by atoms with van der Waals surface area (Å²) in [6, 6.07) is 5.97. The molecule has 88 valence electrons. The van der Waals surface area contributed by atoms with E-state index in [1.807, 2.05) is 31.4 Å². The Labute approximate surface area is 103 Å². The number of nitrogens with one attached hydrogen (secondary N) is 1. The van der Waals surface area contributed by atoms with Crippen molar-refractivity contribution in [2.24, 2.45) is 0 Å². The predicted octanol–water partition coefficient (Wildman–Crippen LogP) is 2.26. The lowest BCUT2D eigenvalue weighted by molar-refractivity contribution is 0.174. The van der Waals surface area contributed by atoms with E-state index in [1.165, 1.54) is 0 Å². The van der Waals surface area contributed by atoms with Crippen LogP contribution < -0.4 is 14.8 Å². The van der Waals surface area contributed by atoms with Crippen molar-refractivity contribution in [1.29, 1.82) is 0 Å². The fraction of sp³-hybridized carbons (Fsp3) is 0.250. The quantitative estimate of drug-likeness (QED) is 0.904. The summed E-state index contributed by atoms with van der Waals surface area (Å²) < 4.78 is 10.7. The molecule has 1 N–H and O–H groups in total. The highest BCUT2D eigenvalue weighted by molar-refractivity contribution is 7.15. The van der Waals surface area contributed by atoms with Crippen molar-refractivity contribution in [2.75, 3.05) is 13.8 Å². The third-order valence-electron chi connectivity index (χ3n) is 2.54. The molecule has 0 bridgehead atoms. The van der Waals surface area contributed by atoms with Crippen molar-refractivity contribution in [1.82, 2.24) is 10.3 Å². The maximum atomic E-state index is 5.36. The molecular formula is C12H12N2O2S. The lowest BCUT2D eigenvalue weighted by Gasteiger charge is -1.99. The zero-order valence-corrected chi connectivity index (χ0v) is 10.2. The minimum Gasteiger partial charge on any atom is -0.454 e. The molecule has 2 aromatic rings. The fourth-order valence-electron chi connectivity index (χ4n) is 1.73. The standard InChI is InChI=1S/C12H12N2O2S/c1-13-6-12-14-5-11(17-12)8-2-3-9-10(4-8)16-7-15-9/h2-5,13H,6-7H2,1H3. The molecule has 0 fully saturated rings. The number of nitrogens with zero attached hydrogens (tertiary/aromatic N) is 1. The molecule has 2 heterocycles. The molecule has 17 heavy (non-hydrogen) atoms. The molecule has 0 aliphatic carbocycles. The maximum Gasteiger partial charge on any atom is 0.231 e. The van der Waals surface area contributed by atoms with Crippen molar-refractivity contribution in [3.05, 3.63) is 29.4 Å². The van der Waals surface area contributed by atoms with Crippen LogP contribution in [0.2, 0.25) is 0 Å². The number of thiazole rings is 1. The van der Waals surface area contributed by atoms with E-state index in [1.54, 1.807) is 11.3 Å². The molecule has 5 heteroatoms. The first kappa shape index (κ1) is 10.6. The van der Waals surface area contributed by atoms with Gasteiger partial charge < -0.3 is 14.8 Å². The summed E-state index contributed by atoms with van der Waals surface area (Å²) in [5.74, 6) is 1.62. The first-order chi connectivity index (χ1) is 8.36. The second-order valence-electron chi connectivity index (χ2n) is 3.72. The van der Waals surface area contributed by atoms with Crippen LogP contribution in [0.4, 0.5) is 0 Å². The van der Waals surface area contributed by atoms with E-state index in [2.05, 4.69) is 10.3 Å². The minimum atomic E-state index is 0.312. The smallest absolute Gasteiger partial charge is 0.231 e. The van der Waals surface area contributed by atoms with Gasteiger partial charge in [0.25, 0.3) is 0 Å². The average molecular weight is 248 g/mol. The SMILES string of the molecule is CNCc1ncc(-c2ccc3c(c2)OCO3)s1. The molecule has 1 aromatic carbocycles. The van der Waals surface area contributed by atoms with E-state index in [0.717, 1.165) is 33.5 Å². The van der Waals surface area contributed by atoms with Crippen LogP contribution in [0, 0.1) is 0 Å². The number of fused-ring (bicyclic) bond motifs is 1. The Morgan fingerprint density at radius 1 is 1.35 bits per heavy atom. The summed E-state index contributed by atoms with van der Waals surface area (Å²) in [7, 11) is 1.92. The summed E-state index contributed by atoms with van der Waals surface area (Å²) in [4.78, 5) is 5.51. The molecule has 0 saturated heterocycles. The average Bonchev–Trinajstić information content (AvgIpc) is 2.96. The predicted molar refractivity (Wildman–Crippen MR) is 66.4 cm³/mol. The summed E-state index contributed by atoms with van der Waals surface area (Å²) >= 11 is 1.69. The van der Waals surface area contributed by atoms with E-state index in [0.29, 0.717) is 6.79 Å². The van der Waals surface area contributed by atoms with Crippen molar-refractivity contribution in [3.8, 4) is 21.9 Å². The van der Waals surface area contributed by atoms with Crippen LogP contribution >= 0.6 is 11.3 Å². The first-order valence-corrected chi connectivity index (χ1v) is 6.18. The van der Waals surface area contributed by atoms with E-state index >= 15 is 0 Å². The zero-order chi connectivity index (χ0) is 11.7. The van der Waals surface area contributed by atoms with Gasteiger partial charge in [0.2, 0.25) is 6.79 Å². The van der Waals surface area contributed by atoms with E-state index in [-0.39, 0.29) is 0 Å². The van der Waals surface area contributed by atoms with Gasteiger partial charge in [-0.05, 0) is 30.8 Å². The van der Waals surface area contributed by atoms with Gasteiger partial charge in [0.1, 0.15) is 5.01 Å². The molecule has 3 rings (SSSR count).